The lowest BCUT2D eigenvalue weighted by atomic mass is 9.94. The smallest absolute Gasteiger partial charge is 0.208 e. The fourth-order valence-corrected chi connectivity index (χ4v) is 2.27. The van der Waals surface area contributed by atoms with E-state index in [1.54, 1.807) is 0 Å². The largest absolute Gasteiger partial charge is 0.444 e. The van der Waals surface area contributed by atoms with E-state index in [1.807, 2.05) is 6.20 Å². The average molecular weight is 251 g/mol. The van der Waals surface area contributed by atoms with Crippen LogP contribution in [-0.4, -0.2) is 29.5 Å². The van der Waals surface area contributed by atoms with Gasteiger partial charge in [-0.1, -0.05) is 20.8 Å². The molecule has 18 heavy (non-hydrogen) atoms. The molecule has 0 aromatic carbocycles. The van der Waals surface area contributed by atoms with Crippen LogP contribution in [0.5, 0.6) is 0 Å². The Kier molecular flexibility index (Phi) is 3.78. The van der Waals surface area contributed by atoms with Gasteiger partial charge in [0.1, 0.15) is 5.76 Å². The molecular weight excluding hydrogens is 226 g/mol. The van der Waals surface area contributed by atoms with E-state index in [1.165, 1.54) is 12.8 Å². The molecule has 0 saturated heterocycles. The standard InChI is InChI=1S/C14H25N3O/c1-14(2,3)12-8-16-13(18-12)9-17(4)11(7-15)10-5-6-10/h8,10-11H,5-7,9,15H2,1-4H3. The molecule has 1 aromatic heterocycles. The van der Waals surface area contributed by atoms with Gasteiger partial charge >= 0.3 is 0 Å². The van der Waals surface area contributed by atoms with Crippen molar-refractivity contribution >= 4 is 0 Å². The second kappa shape index (κ2) is 5.02. The van der Waals surface area contributed by atoms with Crippen LogP contribution in [0.2, 0.25) is 0 Å². The Morgan fingerprint density at radius 2 is 2.17 bits per heavy atom. The van der Waals surface area contributed by atoms with E-state index in [4.69, 9.17) is 10.2 Å². The van der Waals surface area contributed by atoms with Gasteiger partial charge in [-0.2, -0.15) is 0 Å². The summed E-state index contributed by atoms with van der Waals surface area (Å²) in [7, 11) is 2.11. The molecule has 0 bridgehead atoms. The van der Waals surface area contributed by atoms with Gasteiger partial charge in [0.25, 0.3) is 0 Å². The molecule has 0 spiro atoms. The maximum Gasteiger partial charge on any atom is 0.208 e. The quantitative estimate of drug-likeness (QED) is 0.871. The maximum atomic E-state index is 5.85. The zero-order valence-corrected chi connectivity index (χ0v) is 11.9. The van der Waals surface area contributed by atoms with Crippen LogP contribution in [0.1, 0.15) is 45.3 Å². The van der Waals surface area contributed by atoms with Crippen LogP contribution in [0.15, 0.2) is 10.6 Å². The number of nitrogens with two attached hydrogens (primary N) is 1. The highest BCUT2D eigenvalue weighted by Crippen LogP contribution is 2.35. The van der Waals surface area contributed by atoms with Crippen LogP contribution < -0.4 is 5.73 Å². The third-order valence-electron chi connectivity index (χ3n) is 3.65. The maximum absolute atomic E-state index is 5.85. The minimum atomic E-state index is 0.0214. The van der Waals surface area contributed by atoms with Crippen molar-refractivity contribution in [2.75, 3.05) is 13.6 Å². The first-order valence-electron chi connectivity index (χ1n) is 6.77. The molecule has 1 aliphatic carbocycles. The summed E-state index contributed by atoms with van der Waals surface area (Å²) in [6.45, 7) is 7.86. The number of likely N-dealkylation sites (N-methyl/N-ethyl adjacent to an activating group) is 1. The summed E-state index contributed by atoms with van der Waals surface area (Å²) < 4.78 is 5.82. The Morgan fingerprint density at radius 1 is 1.50 bits per heavy atom. The predicted molar refractivity (Wildman–Crippen MR) is 72.2 cm³/mol. The third kappa shape index (κ3) is 3.12. The van der Waals surface area contributed by atoms with Crippen LogP contribution in [0.25, 0.3) is 0 Å². The summed E-state index contributed by atoms with van der Waals surface area (Å²) in [5, 5.41) is 0. The van der Waals surface area contributed by atoms with Crippen LogP contribution in [0.4, 0.5) is 0 Å². The van der Waals surface area contributed by atoms with Crippen molar-refractivity contribution in [3.05, 3.63) is 17.8 Å². The van der Waals surface area contributed by atoms with Crippen molar-refractivity contribution in [3.63, 3.8) is 0 Å². The molecule has 1 atom stereocenters. The fraction of sp³-hybridized carbons (Fsp3) is 0.786. The topological polar surface area (TPSA) is 55.3 Å². The van der Waals surface area contributed by atoms with Crippen molar-refractivity contribution < 1.29 is 4.42 Å². The first-order chi connectivity index (χ1) is 8.41. The third-order valence-corrected chi connectivity index (χ3v) is 3.65. The minimum absolute atomic E-state index is 0.0214. The molecule has 0 radical (unpaired) electrons. The number of nitrogens with zero attached hydrogens (tertiary/aromatic N) is 2. The predicted octanol–water partition coefficient (Wildman–Crippen LogP) is 2.14. The van der Waals surface area contributed by atoms with E-state index in [2.05, 4.69) is 37.7 Å². The molecule has 102 valence electrons. The van der Waals surface area contributed by atoms with Crippen molar-refractivity contribution in [2.45, 2.75) is 51.6 Å². The van der Waals surface area contributed by atoms with Gasteiger partial charge in [0.15, 0.2) is 0 Å². The van der Waals surface area contributed by atoms with E-state index < -0.39 is 0 Å². The van der Waals surface area contributed by atoms with E-state index in [-0.39, 0.29) is 5.41 Å². The van der Waals surface area contributed by atoms with Crippen LogP contribution in [-0.2, 0) is 12.0 Å². The van der Waals surface area contributed by atoms with Gasteiger partial charge in [-0.05, 0) is 25.8 Å². The van der Waals surface area contributed by atoms with Crippen LogP contribution in [0.3, 0.4) is 0 Å². The molecule has 4 nitrogen and oxygen atoms in total. The molecule has 0 aliphatic heterocycles. The normalized spacial score (nSPS) is 18.3. The monoisotopic (exact) mass is 251 g/mol. The zero-order chi connectivity index (χ0) is 13.3. The van der Waals surface area contributed by atoms with E-state index >= 15 is 0 Å². The summed E-state index contributed by atoms with van der Waals surface area (Å²) in [5.74, 6) is 2.51. The molecule has 1 saturated carbocycles. The number of hydrogen-bond donors (Lipinski definition) is 1. The Labute approximate surface area is 110 Å². The number of oxazole rings is 1. The SMILES string of the molecule is CN(Cc1ncc(C(C)(C)C)o1)C(CN)C1CC1. The Morgan fingerprint density at radius 3 is 2.61 bits per heavy atom. The number of rotatable bonds is 5. The Balaban J connectivity index is 1.98. The van der Waals surface area contributed by atoms with Gasteiger partial charge < -0.3 is 10.2 Å². The molecule has 4 heteroatoms. The lowest BCUT2D eigenvalue weighted by molar-refractivity contribution is 0.193. The molecule has 1 aliphatic rings. The summed E-state index contributed by atoms with van der Waals surface area (Å²) in [5.41, 5.74) is 5.87. The van der Waals surface area contributed by atoms with Gasteiger partial charge in [0.05, 0.1) is 12.7 Å². The molecule has 1 aromatic rings. The molecule has 2 N–H and O–H groups in total. The van der Waals surface area contributed by atoms with Crippen molar-refractivity contribution in [2.24, 2.45) is 11.7 Å². The summed E-state index contributed by atoms with van der Waals surface area (Å²) in [6, 6.07) is 0.468. The van der Waals surface area contributed by atoms with Crippen molar-refractivity contribution in [1.29, 1.82) is 0 Å². The number of aromatic nitrogens is 1. The van der Waals surface area contributed by atoms with Crippen molar-refractivity contribution in [1.82, 2.24) is 9.88 Å². The van der Waals surface area contributed by atoms with Gasteiger partial charge in [0.2, 0.25) is 5.89 Å². The highest BCUT2D eigenvalue weighted by atomic mass is 16.4. The average Bonchev–Trinajstić information content (AvgIpc) is 2.97. The molecule has 2 rings (SSSR count). The number of hydrogen-bond acceptors (Lipinski definition) is 4. The molecule has 1 fully saturated rings. The minimum Gasteiger partial charge on any atom is -0.444 e. The summed E-state index contributed by atoms with van der Waals surface area (Å²) >= 11 is 0. The molecule has 1 unspecified atom stereocenters. The second-order valence-corrected chi connectivity index (χ2v) is 6.42. The zero-order valence-electron chi connectivity index (χ0n) is 11.9. The van der Waals surface area contributed by atoms with Gasteiger partial charge in [-0.15, -0.1) is 0 Å². The van der Waals surface area contributed by atoms with Gasteiger partial charge in [-0.25, -0.2) is 4.98 Å². The highest BCUT2D eigenvalue weighted by Gasteiger charge is 2.33. The van der Waals surface area contributed by atoms with E-state index in [0.717, 1.165) is 24.1 Å². The van der Waals surface area contributed by atoms with Gasteiger partial charge in [-0.3, -0.25) is 4.90 Å². The van der Waals surface area contributed by atoms with Gasteiger partial charge in [0, 0.05) is 18.0 Å². The van der Waals surface area contributed by atoms with Crippen LogP contribution in [0, 0.1) is 5.92 Å². The molecule has 1 heterocycles. The van der Waals surface area contributed by atoms with Crippen LogP contribution >= 0.6 is 0 Å². The van der Waals surface area contributed by atoms with Crippen molar-refractivity contribution in [3.8, 4) is 0 Å². The second-order valence-electron chi connectivity index (χ2n) is 6.42. The lowest BCUT2D eigenvalue weighted by Gasteiger charge is -2.25. The summed E-state index contributed by atoms with van der Waals surface area (Å²) in [4.78, 5) is 6.64. The molecule has 0 amide bonds. The Bertz CT molecular complexity index is 390. The Hall–Kier alpha value is -0.870. The fourth-order valence-electron chi connectivity index (χ4n) is 2.27. The van der Waals surface area contributed by atoms with E-state index in [0.29, 0.717) is 12.6 Å². The first-order valence-corrected chi connectivity index (χ1v) is 6.77. The molecular formula is C14H25N3O. The first kappa shape index (κ1) is 13.6. The van der Waals surface area contributed by atoms with E-state index in [9.17, 15) is 0 Å². The summed E-state index contributed by atoms with van der Waals surface area (Å²) in [6.07, 6.45) is 4.47. The highest BCUT2D eigenvalue weighted by molar-refractivity contribution is 5.06. The lowest BCUT2D eigenvalue weighted by Crippen LogP contribution is -2.39.